The molecule has 2 aromatic heterocycles. The molecule has 1 saturated carbocycles. The van der Waals surface area contributed by atoms with Gasteiger partial charge in [-0.3, -0.25) is 19.6 Å². The molecule has 0 unspecified atom stereocenters. The van der Waals surface area contributed by atoms with Crippen LogP contribution in [0.1, 0.15) is 18.7 Å². The number of aromatic amines is 2. The number of methoxy groups -OCH3 is 1. The fraction of sp³-hybridized carbons (Fsp3) is 0.478. The number of piperazine rings is 1. The first-order chi connectivity index (χ1) is 17.3. The summed E-state index contributed by atoms with van der Waals surface area (Å²) in [5, 5.41) is 6.48. The molecule has 3 aromatic rings. The van der Waals surface area contributed by atoms with E-state index in [2.05, 4.69) is 20.2 Å². The minimum absolute atomic E-state index is 0.0664. The van der Waals surface area contributed by atoms with E-state index < -0.39 is 10.0 Å². The van der Waals surface area contributed by atoms with Crippen LogP contribution >= 0.6 is 0 Å². The number of ether oxygens (including phenoxy) is 1. The van der Waals surface area contributed by atoms with E-state index in [-0.39, 0.29) is 29.5 Å². The van der Waals surface area contributed by atoms with E-state index in [0.29, 0.717) is 61.2 Å². The van der Waals surface area contributed by atoms with E-state index in [1.807, 2.05) is 4.90 Å². The third kappa shape index (κ3) is 5.27. The Balaban J connectivity index is 1.21. The quantitative estimate of drug-likeness (QED) is 0.417. The van der Waals surface area contributed by atoms with Crippen molar-refractivity contribution in [1.82, 2.24) is 34.3 Å². The Morgan fingerprint density at radius 1 is 1.17 bits per heavy atom. The zero-order chi connectivity index (χ0) is 25.3. The number of H-pyrrole nitrogens is 2. The molecule has 5 rings (SSSR count). The molecule has 2 N–H and O–H groups in total. The fourth-order valence-corrected chi connectivity index (χ4v) is 5.76. The molecule has 1 amide bonds. The van der Waals surface area contributed by atoms with Crippen LogP contribution in [0.5, 0.6) is 5.75 Å². The number of nitrogens with zero attached hydrogens (tertiary/aromatic N) is 5. The van der Waals surface area contributed by atoms with Crippen molar-refractivity contribution < 1.29 is 17.9 Å². The average molecular weight is 516 g/mol. The summed E-state index contributed by atoms with van der Waals surface area (Å²) in [6.45, 7) is 2.51. The lowest BCUT2D eigenvalue weighted by Crippen LogP contribution is -2.51. The smallest absolute Gasteiger partial charge is 0.276 e. The lowest BCUT2D eigenvalue weighted by Gasteiger charge is -2.34. The number of hydrogen-bond acceptors (Lipinski definition) is 8. The summed E-state index contributed by atoms with van der Waals surface area (Å²) in [5.74, 6) is 1.41. The molecule has 1 aromatic carbocycles. The Kier molecular flexibility index (Phi) is 6.77. The summed E-state index contributed by atoms with van der Waals surface area (Å²) >= 11 is 0. The van der Waals surface area contributed by atoms with Crippen LogP contribution in [-0.4, -0.2) is 95.0 Å². The minimum Gasteiger partial charge on any atom is -0.497 e. The van der Waals surface area contributed by atoms with Crippen LogP contribution in [0.4, 0.5) is 0 Å². The second kappa shape index (κ2) is 9.99. The van der Waals surface area contributed by atoms with E-state index in [9.17, 15) is 18.0 Å². The first kappa shape index (κ1) is 24.4. The molecule has 13 heteroatoms. The van der Waals surface area contributed by atoms with Gasteiger partial charge in [-0.15, -0.1) is 0 Å². The molecule has 12 nitrogen and oxygen atoms in total. The molecule has 1 aliphatic carbocycles. The molecule has 3 heterocycles. The molecular weight excluding hydrogens is 486 g/mol. The molecule has 2 aliphatic rings. The molecule has 2 fully saturated rings. The monoisotopic (exact) mass is 515 g/mol. The number of amides is 1. The maximum Gasteiger partial charge on any atom is 0.276 e. The highest BCUT2D eigenvalue weighted by Gasteiger charge is 2.31. The van der Waals surface area contributed by atoms with E-state index >= 15 is 0 Å². The van der Waals surface area contributed by atoms with Crippen molar-refractivity contribution in [2.75, 3.05) is 46.4 Å². The highest BCUT2D eigenvalue weighted by atomic mass is 32.2. The molecule has 0 spiro atoms. The first-order valence-electron chi connectivity index (χ1n) is 11.9. The van der Waals surface area contributed by atoms with Gasteiger partial charge in [0.05, 0.1) is 31.3 Å². The summed E-state index contributed by atoms with van der Waals surface area (Å²) in [6.07, 6.45) is 3.65. The van der Waals surface area contributed by atoms with Crippen LogP contribution in [0, 0.1) is 5.92 Å². The van der Waals surface area contributed by atoms with Gasteiger partial charge in [0.2, 0.25) is 15.9 Å². The topological polar surface area (TPSA) is 145 Å². The third-order valence-electron chi connectivity index (χ3n) is 6.62. The van der Waals surface area contributed by atoms with Crippen LogP contribution in [-0.2, 0) is 21.4 Å². The van der Waals surface area contributed by atoms with Crippen molar-refractivity contribution in [3.05, 3.63) is 46.6 Å². The Labute approximate surface area is 208 Å². The van der Waals surface area contributed by atoms with E-state index in [4.69, 9.17) is 4.74 Å². The second-order valence-corrected chi connectivity index (χ2v) is 11.2. The summed E-state index contributed by atoms with van der Waals surface area (Å²) < 4.78 is 32.6. The largest absolute Gasteiger partial charge is 0.497 e. The van der Waals surface area contributed by atoms with Gasteiger partial charge < -0.3 is 14.6 Å². The normalized spacial score (nSPS) is 17.4. The number of nitrogens with one attached hydrogen (secondary N) is 2. The van der Waals surface area contributed by atoms with Crippen LogP contribution in [0.15, 0.2) is 40.2 Å². The number of sulfonamides is 1. The van der Waals surface area contributed by atoms with Gasteiger partial charge in [0.1, 0.15) is 22.6 Å². The van der Waals surface area contributed by atoms with E-state index in [1.165, 1.54) is 17.6 Å². The third-order valence-corrected chi connectivity index (χ3v) is 8.53. The molecule has 192 valence electrons. The first-order valence-corrected chi connectivity index (χ1v) is 13.3. The molecule has 1 aliphatic heterocycles. The van der Waals surface area contributed by atoms with E-state index in [1.54, 1.807) is 29.2 Å². The number of aromatic nitrogens is 4. The lowest BCUT2D eigenvalue weighted by molar-refractivity contribution is -0.133. The van der Waals surface area contributed by atoms with Gasteiger partial charge in [0, 0.05) is 32.7 Å². The van der Waals surface area contributed by atoms with Crippen LogP contribution in [0.25, 0.3) is 11.0 Å². The van der Waals surface area contributed by atoms with Crippen LogP contribution in [0.2, 0.25) is 0 Å². The predicted molar refractivity (Wildman–Crippen MR) is 131 cm³/mol. The van der Waals surface area contributed by atoms with Gasteiger partial charge in [-0.2, -0.15) is 9.40 Å². The predicted octanol–water partition coefficient (Wildman–Crippen LogP) is 0.400. The Morgan fingerprint density at radius 2 is 1.89 bits per heavy atom. The van der Waals surface area contributed by atoms with Crippen molar-refractivity contribution in [3.63, 3.8) is 0 Å². The standard InChI is InChI=1S/C23H29N7O5S/c1-35-17-4-6-18(7-5-17)36(33,34)30-10-8-28(9-11-30)15-21(31)29(13-16-2-3-16)14-20-25-19-12-24-27-22(19)23(32)26-20/h4-7,12,16H,2-3,8-11,13-15H2,1H3,(H,24,27)(H,25,26,32). The SMILES string of the molecule is COc1ccc(S(=O)(=O)N2CCN(CC(=O)N(Cc3nc4cn[nH]c4c(=O)[nH]3)CC3CC3)CC2)cc1. The highest BCUT2D eigenvalue weighted by molar-refractivity contribution is 7.89. The number of rotatable bonds is 9. The molecule has 36 heavy (non-hydrogen) atoms. The fourth-order valence-electron chi connectivity index (χ4n) is 4.34. The maximum absolute atomic E-state index is 13.2. The van der Waals surface area contributed by atoms with Gasteiger partial charge in [0.15, 0.2) is 0 Å². The number of benzene rings is 1. The van der Waals surface area contributed by atoms with Gasteiger partial charge >= 0.3 is 0 Å². The molecule has 0 atom stereocenters. The summed E-state index contributed by atoms with van der Waals surface area (Å²) in [6, 6.07) is 6.34. The van der Waals surface area contributed by atoms with Gasteiger partial charge in [-0.1, -0.05) is 0 Å². The summed E-state index contributed by atoms with van der Waals surface area (Å²) in [7, 11) is -2.08. The van der Waals surface area contributed by atoms with Gasteiger partial charge in [0.25, 0.3) is 5.56 Å². The molecular formula is C23H29N7O5S. The second-order valence-electron chi connectivity index (χ2n) is 9.22. The number of carbonyl (C=O) groups is 1. The van der Waals surface area contributed by atoms with Crippen molar-refractivity contribution in [2.24, 2.45) is 5.92 Å². The number of fused-ring (bicyclic) bond motifs is 1. The van der Waals surface area contributed by atoms with Crippen molar-refractivity contribution in [2.45, 2.75) is 24.3 Å². The van der Waals surface area contributed by atoms with Crippen molar-refractivity contribution >= 4 is 27.0 Å². The van der Waals surface area contributed by atoms with Crippen molar-refractivity contribution in [3.8, 4) is 5.75 Å². The summed E-state index contributed by atoms with van der Waals surface area (Å²) in [5.41, 5.74) is 0.448. The Hall–Kier alpha value is -3.29. The number of hydrogen-bond donors (Lipinski definition) is 2. The van der Waals surface area contributed by atoms with E-state index in [0.717, 1.165) is 12.8 Å². The number of carbonyl (C=O) groups excluding carboxylic acids is 1. The summed E-state index contributed by atoms with van der Waals surface area (Å²) in [4.78, 5) is 36.6. The minimum atomic E-state index is -3.61. The molecule has 1 saturated heterocycles. The molecule has 0 bridgehead atoms. The average Bonchev–Trinajstić information content (AvgIpc) is 3.57. The Bertz CT molecular complexity index is 1390. The van der Waals surface area contributed by atoms with Gasteiger partial charge in [-0.05, 0) is 43.0 Å². The Morgan fingerprint density at radius 3 is 2.56 bits per heavy atom. The van der Waals surface area contributed by atoms with Crippen molar-refractivity contribution in [1.29, 1.82) is 0 Å². The highest BCUT2D eigenvalue weighted by Crippen LogP contribution is 2.30. The zero-order valence-corrected chi connectivity index (χ0v) is 20.8. The van der Waals surface area contributed by atoms with Crippen LogP contribution in [0.3, 0.4) is 0 Å². The lowest BCUT2D eigenvalue weighted by atomic mass is 10.3. The molecule has 0 radical (unpaired) electrons. The van der Waals surface area contributed by atoms with Gasteiger partial charge in [-0.25, -0.2) is 13.4 Å². The zero-order valence-electron chi connectivity index (χ0n) is 20.0. The van der Waals surface area contributed by atoms with Crippen LogP contribution < -0.4 is 10.3 Å². The maximum atomic E-state index is 13.2.